The smallest absolute Gasteiger partial charge is 0.321 e. The van der Waals surface area contributed by atoms with Gasteiger partial charge in [-0.15, -0.1) is 0 Å². The van der Waals surface area contributed by atoms with E-state index in [9.17, 15) is 8.78 Å². The van der Waals surface area contributed by atoms with Crippen LogP contribution in [0.4, 0.5) is 8.78 Å². The Kier molecular flexibility index (Phi) is 4.00. The van der Waals surface area contributed by atoms with E-state index in [1.54, 1.807) is 43.3 Å². The Morgan fingerprint density at radius 3 is 2.72 bits per heavy atom. The quantitative estimate of drug-likeness (QED) is 0.469. The molecule has 4 aromatic rings. The Balaban J connectivity index is 1.64. The second kappa shape index (κ2) is 6.32. The van der Waals surface area contributed by atoms with Crippen LogP contribution < -0.4 is 0 Å². The van der Waals surface area contributed by atoms with Crippen molar-refractivity contribution in [2.24, 2.45) is 0 Å². The number of hydrogen-bond acceptors (Lipinski definition) is 6. The van der Waals surface area contributed by atoms with Crippen molar-refractivity contribution in [2.75, 3.05) is 0 Å². The molecule has 0 unspecified atom stereocenters. The first-order valence-electron chi connectivity index (χ1n) is 7.42. The number of hydrogen-bond donors (Lipinski definition) is 0. The molecule has 0 N–H and O–H groups in total. The van der Waals surface area contributed by atoms with Gasteiger partial charge in [0, 0.05) is 0 Å². The van der Waals surface area contributed by atoms with Crippen molar-refractivity contribution in [3.8, 4) is 11.6 Å². The fourth-order valence-electron chi connectivity index (χ4n) is 2.41. The van der Waals surface area contributed by atoms with Gasteiger partial charge in [0.15, 0.2) is 10.9 Å². The second-order valence-corrected chi connectivity index (χ2v) is 6.53. The van der Waals surface area contributed by atoms with Crippen molar-refractivity contribution in [1.29, 1.82) is 0 Å². The summed E-state index contributed by atoms with van der Waals surface area (Å²) >= 11 is 1.13. The molecule has 0 fully saturated rings. The number of imidazole rings is 1. The molecular formula is C16H12F2N4O2S. The summed E-state index contributed by atoms with van der Waals surface area (Å²) in [6.07, 6.45) is 1.51. The lowest BCUT2D eigenvalue weighted by molar-refractivity contribution is 0.0656. The minimum Gasteiger partial charge on any atom is -0.461 e. The van der Waals surface area contributed by atoms with Crippen LogP contribution in [-0.4, -0.2) is 19.7 Å². The highest BCUT2D eigenvalue weighted by atomic mass is 32.2. The molecule has 0 radical (unpaired) electrons. The molecule has 0 aliphatic heterocycles. The molecule has 3 heterocycles. The van der Waals surface area contributed by atoms with E-state index >= 15 is 0 Å². The first kappa shape index (κ1) is 15.8. The highest BCUT2D eigenvalue weighted by Crippen LogP contribution is 2.37. The maximum atomic E-state index is 13.5. The van der Waals surface area contributed by atoms with E-state index in [1.165, 1.54) is 6.26 Å². The van der Waals surface area contributed by atoms with Gasteiger partial charge in [-0.2, -0.15) is 13.8 Å². The lowest BCUT2D eigenvalue weighted by Gasteiger charge is -2.09. The molecule has 0 amide bonds. The number of fused-ring (bicyclic) bond motifs is 1. The summed E-state index contributed by atoms with van der Waals surface area (Å²) in [7, 11) is 0. The third-order valence-electron chi connectivity index (χ3n) is 3.57. The van der Waals surface area contributed by atoms with E-state index in [-0.39, 0.29) is 10.4 Å². The average molecular weight is 362 g/mol. The van der Waals surface area contributed by atoms with Crippen molar-refractivity contribution >= 4 is 22.8 Å². The fraction of sp³-hybridized carbons (Fsp3) is 0.188. The lowest BCUT2D eigenvalue weighted by Crippen LogP contribution is -2.01. The number of halogens is 2. The standard InChI is InChI=1S/C16H12F2N4O2S/c1-9(14-20-13(21-24-14)12-7-4-8-23-12)25-16-19-10-5-2-3-6-11(10)22(16)15(17)18/h2-9,15H,1H3/t9-/m0/s1. The zero-order valence-electron chi connectivity index (χ0n) is 13.0. The van der Waals surface area contributed by atoms with E-state index in [2.05, 4.69) is 15.1 Å². The third-order valence-corrected chi connectivity index (χ3v) is 4.63. The maximum Gasteiger partial charge on any atom is 0.321 e. The molecule has 0 aliphatic rings. The van der Waals surface area contributed by atoms with Crippen LogP contribution in [0.2, 0.25) is 0 Å². The van der Waals surface area contributed by atoms with Crippen LogP contribution in [0.15, 0.2) is 56.8 Å². The number of aromatic nitrogens is 4. The molecule has 1 atom stereocenters. The third kappa shape index (κ3) is 2.91. The summed E-state index contributed by atoms with van der Waals surface area (Å²) in [6, 6.07) is 10.2. The molecule has 0 spiro atoms. The topological polar surface area (TPSA) is 69.9 Å². The minimum atomic E-state index is -2.69. The molecule has 3 aromatic heterocycles. The number of nitrogens with zero attached hydrogens (tertiary/aromatic N) is 4. The van der Waals surface area contributed by atoms with Crippen molar-refractivity contribution in [2.45, 2.75) is 23.9 Å². The number of alkyl halides is 2. The van der Waals surface area contributed by atoms with Gasteiger partial charge >= 0.3 is 6.55 Å². The van der Waals surface area contributed by atoms with Gasteiger partial charge in [-0.3, -0.25) is 4.57 Å². The van der Waals surface area contributed by atoms with Crippen molar-refractivity contribution in [3.63, 3.8) is 0 Å². The van der Waals surface area contributed by atoms with Gasteiger partial charge in [0.25, 0.3) is 0 Å². The summed E-state index contributed by atoms with van der Waals surface area (Å²) in [5.41, 5.74) is 0.897. The SMILES string of the molecule is C[C@H](Sc1nc2ccccc2n1C(F)F)c1nc(-c2ccco2)no1. The maximum absolute atomic E-state index is 13.5. The Morgan fingerprint density at radius 2 is 1.96 bits per heavy atom. The predicted octanol–water partition coefficient (Wildman–Crippen LogP) is 4.93. The van der Waals surface area contributed by atoms with Gasteiger partial charge in [-0.1, -0.05) is 29.1 Å². The molecule has 9 heteroatoms. The first-order chi connectivity index (χ1) is 12.1. The lowest BCUT2D eigenvalue weighted by atomic mass is 10.3. The monoisotopic (exact) mass is 362 g/mol. The molecule has 25 heavy (non-hydrogen) atoms. The normalized spacial score (nSPS) is 13.0. The molecule has 0 bridgehead atoms. The van der Waals surface area contributed by atoms with E-state index in [1.807, 2.05) is 0 Å². The summed E-state index contributed by atoms with van der Waals surface area (Å²) in [4.78, 5) is 8.55. The number of furan rings is 1. The Hall–Kier alpha value is -2.68. The molecule has 0 aliphatic carbocycles. The fourth-order valence-corrected chi connectivity index (χ4v) is 3.36. The molecule has 128 valence electrons. The number of para-hydroxylation sites is 2. The summed E-state index contributed by atoms with van der Waals surface area (Å²) < 4.78 is 38.3. The van der Waals surface area contributed by atoms with E-state index < -0.39 is 6.55 Å². The summed E-state index contributed by atoms with van der Waals surface area (Å²) in [6.45, 7) is -0.900. The van der Waals surface area contributed by atoms with E-state index in [0.717, 1.165) is 16.3 Å². The zero-order valence-corrected chi connectivity index (χ0v) is 13.8. The largest absolute Gasteiger partial charge is 0.461 e. The van der Waals surface area contributed by atoms with Gasteiger partial charge in [0.2, 0.25) is 11.7 Å². The summed E-state index contributed by atoms with van der Waals surface area (Å²) in [5, 5.41) is 3.69. The van der Waals surface area contributed by atoms with Crippen molar-refractivity contribution in [3.05, 3.63) is 48.6 Å². The molecular weight excluding hydrogens is 350 g/mol. The number of thioether (sulfide) groups is 1. The van der Waals surface area contributed by atoms with Crippen LogP contribution in [0.3, 0.4) is 0 Å². The van der Waals surface area contributed by atoms with Crippen LogP contribution in [0.5, 0.6) is 0 Å². The highest BCUT2D eigenvalue weighted by molar-refractivity contribution is 7.99. The van der Waals surface area contributed by atoms with E-state index in [0.29, 0.717) is 28.5 Å². The first-order valence-corrected chi connectivity index (χ1v) is 8.30. The Bertz CT molecular complexity index is 997. The van der Waals surface area contributed by atoms with Crippen LogP contribution in [0.25, 0.3) is 22.6 Å². The molecule has 1 aromatic carbocycles. The van der Waals surface area contributed by atoms with Gasteiger partial charge in [0.1, 0.15) is 0 Å². The Labute approximate surface area is 144 Å². The Morgan fingerprint density at radius 1 is 1.12 bits per heavy atom. The van der Waals surface area contributed by atoms with Gasteiger partial charge in [0.05, 0.1) is 22.5 Å². The highest BCUT2D eigenvalue weighted by Gasteiger charge is 2.23. The molecule has 4 rings (SSSR count). The van der Waals surface area contributed by atoms with Gasteiger partial charge < -0.3 is 8.94 Å². The predicted molar refractivity (Wildman–Crippen MR) is 87.3 cm³/mol. The van der Waals surface area contributed by atoms with Crippen LogP contribution in [0, 0.1) is 0 Å². The summed E-state index contributed by atoms with van der Waals surface area (Å²) in [5.74, 6) is 1.10. The van der Waals surface area contributed by atoms with Crippen LogP contribution >= 0.6 is 11.8 Å². The van der Waals surface area contributed by atoms with Crippen molar-refractivity contribution < 1.29 is 17.7 Å². The molecule has 0 saturated heterocycles. The van der Waals surface area contributed by atoms with Gasteiger partial charge in [-0.05, 0) is 31.2 Å². The minimum absolute atomic E-state index is 0.196. The number of rotatable bonds is 5. The van der Waals surface area contributed by atoms with Crippen molar-refractivity contribution in [1.82, 2.24) is 19.7 Å². The van der Waals surface area contributed by atoms with E-state index in [4.69, 9.17) is 8.94 Å². The zero-order chi connectivity index (χ0) is 17.4. The van der Waals surface area contributed by atoms with Crippen LogP contribution in [0.1, 0.15) is 24.6 Å². The second-order valence-electron chi connectivity index (χ2n) is 5.22. The molecule has 6 nitrogen and oxygen atoms in total. The van der Waals surface area contributed by atoms with Gasteiger partial charge in [-0.25, -0.2) is 4.98 Å². The molecule has 0 saturated carbocycles. The average Bonchev–Trinajstić information content (AvgIpc) is 3.32. The van der Waals surface area contributed by atoms with Crippen LogP contribution in [-0.2, 0) is 0 Å². The number of benzene rings is 1.